The van der Waals surface area contributed by atoms with E-state index >= 15 is 0 Å². The van der Waals surface area contributed by atoms with E-state index in [9.17, 15) is 4.79 Å². The predicted molar refractivity (Wildman–Crippen MR) is 58.2 cm³/mol. The first-order chi connectivity index (χ1) is 7.11. The molecule has 0 heterocycles. The average molecular weight is 208 g/mol. The third kappa shape index (κ3) is 4.02. The smallest absolute Gasteiger partial charge is 0.307 e. The lowest BCUT2D eigenvalue weighted by Gasteiger charge is -2.12. The van der Waals surface area contributed by atoms with Crippen LogP contribution in [0, 0.1) is 0 Å². The fourth-order valence-corrected chi connectivity index (χ4v) is 1.32. The van der Waals surface area contributed by atoms with E-state index in [2.05, 4.69) is 6.92 Å². The number of ether oxygens (including phenoxy) is 1. The summed E-state index contributed by atoms with van der Waals surface area (Å²) in [5.74, 6) is -0.117. The van der Waals surface area contributed by atoms with Crippen LogP contribution in [0.25, 0.3) is 0 Å². The predicted octanol–water partition coefficient (Wildman–Crippen LogP) is 2.49. The Balaban J connectivity index is 2.53. The van der Waals surface area contributed by atoms with Crippen LogP contribution in [-0.4, -0.2) is 17.2 Å². The lowest BCUT2D eigenvalue weighted by molar-refractivity contribution is -0.138. The van der Waals surface area contributed by atoms with E-state index in [0.717, 1.165) is 12.2 Å². The number of hydrogen-bond acceptors (Lipinski definition) is 2. The Kier molecular flexibility index (Phi) is 4.16. The first kappa shape index (κ1) is 11.6. The Morgan fingerprint density at radius 3 is 2.47 bits per heavy atom. The van der Waals surface area contributed by atoms with Gasteiger partial charge in [0.1, 0.15) is 11.9 Å². The maximum Gasteiger partial charge on any atom is 0.307 e. The van der Waals surface area contributed by atoms with E-state index < -0.39 is 5.97 Å². The molecule has 1 unspecified atom stereocenters. The maximum absolute atomic E-state index is 10.4. The van der Waals surface area contributed by atoms with Gasteiger partial charge in [-0.05, 0) is 31.0 Å². The summed E-state index contributed by atoms with van der Waals surface area (Å²) in [5.41, 5.74) is 1.24. The summed E-state index contributed by atoms with van der Waals surface area (Å²) in [6.45, 7) is 3.84. The number of carboxylic acid groups (broad SMARTS) is 1. The number of aryl methyl sites for hydroxylation is 1. The van der Waals surface area contributed by atoms with Crippen molar-refractivity contribution in [1.29, 1.82) is 0 Å². The Morgan fingerprint density at radius 1 is 1.40 bits per heavy atom. The largest absolute Gasteiger partial charge is 0.490 e. The number of aliphatic carboxylic acids is 1. The summed E-state index contributed by atoms with van der Waals surface area (Å²) in [5, 5.41) is 8.56. The molecule has 0 bridgehead atoms. The molecule has 1 atom stereocenters. The molecule has 0 aliphatic heterocycles. The summed E-state index contributed by atoms with van der Waals surface area (Å²) in [4.78, 5) is 10.4. The zero-order chi connectivity index (χ0) is 11.3. The van der Waals surface area contributed by atoms with Gasteiger partial charge in [-0.15, -0.1) is 0 Å². The molecule has 3 nitrogen and oxygen atoms in total. The minimum absolute atomic E-state index is 0.0233. The Hall–Kier alpha value is -1.51. The highest BCUT2D eigenvalue weighted by Crippen LogP contribution is 2.15. The molecule has 15 heavy (non-hydrogen) atoms. The van der Waals surface area contributed by atoms with Crippen LogP contribution in [0.4, 0.5) is 0 Å². The van der Waals surface area contributed by atoms with Crippen molar-refractivity contribution >= 4 is 5.97 Å². The maximum atomic E-state index is 10.4. The summed E-state index contributed by atoms with van der Waals surface area (Å²) in [6.07, 6.45) is 0.718. The second-order valence-electron chi connectivity index (χ2n) is 3.52. The molecule has 0 aliphatic rings. The highest BCUT2D eigenvalue weighted by atomic mass is 16.5. The molecular formula is C12H16O3. The molecule has 1 aromatic rings. The van der Waals surface area contributed by atoms with Crippen LogP contribution in [0.3, 0.4) is 0 Å². The molecule has 0 saturated carbocycles. The molecule has 82 valence electrons. The van der Waals surface area contributed by atoms with Crippen LogP contribution in [0.1, 0.15) is 25.8 Å². The average Bonchev–Trinajstić information content (AvgIpc) is 2.17. The first-order valence-corrected chi connectivity index (χ1v) is 5.09. The standard InChI is InChI=1S/C12H16O3/c1-3-10-4-6-11(7-5-10)15-9(2)8-12(13)14/h4-7,9H,3,8H2,1-2H3,(H,13,14). The third-order valence-corrected chi connectivity index (χ3v) is 2.13. The fraction of sp³-hybridized carbons (Fsp3) is 0.417. The van der Waals surface area contributed by atoms with Crippen molar-refractivity contribution in [3.8, 4) is 5.75 Å². The van der Waals surface area contributed by atoms with Gasteiger partial charge in [0, 0.05) is 0 Å². The normalized spacial score (nSPS) is 12.1. The highest BCUT2D eigenvalue weighted by molar-refractivity contribution is 5.67. The zero-order valence-corrected chi connectivity index (χ0v) is 9.06. The van der Waals surface area contributed by atoms with Gasteiger partial charge in [0.25, 0.3) is 0 Å². The van der Waals surface area contributed by atoms with Crippen LogP contribution in [0.2, 0.25) is 0 Å². The number of rotatable bonds is 5. The molecule has 1 N–H and O–H groups in total. The SMILES string of the molecule is CCc1ccc(OC(C)CC(=O)O)cc1. The van der Waals surface area contributed by atoms with Crippen molar-refractivity contribution in [2.24, 2.45) is 0 Å². The Morgan fingerprint density at radius 2 is 2.00 bits per heavy atom. The van der Waals surface area contributed by atoms with Crippen molar-refractivity contribution in [3.05, 3.63) is 29.8 Å². The van der Waals surface area contributed by atoms with Gasteiger partial charge in [0.15, 0.2) is 0 Å². The van der Waals surface area contributed by atoms with Crippen LogP contribution >= 0.6 is 0 Å². The molecule has 0 amide bonds. The lowest BCUT2D eigenvalue weighted by Crippen LogP contribution is -2.16. The highest BCUT2D eigenvalue weighted by Gasteiger charge is 2.08. The van der Waals surface area contributed by atoms with Gasteiger partial charge in [0.2, 0.25) is 0 Å². The van der Waals surface area contributed by atoms with Gasteiger partial charge in [-0.2, -0.15) is 0 Å². The molecular weight excluding hydrogens is 192 g/mol. The molecule has 0 fully saturated rings. The van der Waals surface area contributed by atoms with Gasteiger partial charge in [-0.3, -0.25) is 4.79 Å². The molecule has 0 radical (unpaired) electrons. The van der Waals surface area contributed by atoms with Crippen molar-refractivity contribution in [3.63, 3.8) is 0 Å². The monoisotopic (exact) mass is 208 g/mol. The minimum atomic E-state index is -0.840. The number of carbonyl (C=O) groups is 1. The summed E-state index contributed by atoms with van der Waals surface area (Å²) >= 11 is 0. The van der Waals surface area contributed by atoms with Crippen LogP contribution in [-0.2, 0) is 11.2 Å². The van der Waals surface area contributed by atoms with E-state index in [-0.39, 0.29) is 12.5 Å². The number of hydrogen-bond donors (Lipinski definition) is 1. The van der Waals surface area contributed by atoms with Crippen molar-refractivity contribution in [2.45, 2.75) is 32.8 Å². The Labute approximate surface area is 89.7 Å². The minimum Gasteiger partial charge on any atom is -0.490 e. The van der Waals surface area contributed by atoms with E-state index in [1.807, 2.05) is 24.3 Å². The fourth-order valence-electron chi connectivity index (χ4n) is 1.32. The molecule has 1 rings (SSSR count). The lowest BCUT2D eigenvalue weighted by atomic mass is 10.2. The van der Waals surface area contributed by atoms with Gasteiger partial charge in [0.05, 0.1) is 6.42 Å². The summed E-state index contributed by atoms with van der Waals surface area (Å²) in [7, 11) is 0. The van der Waals surface area contributed by atoms with Gasteiger partial charge in [-0.1, -0.05) is 19.1 Å². The zero-order valence-electron chi connectivity index (χ0n) is 9.06. The van der Waals surface area contributed by atoms with Crippen molar-refractivity contribution in [2.75, 3.05) is 0 Å². The van der Waals surface area contributed by atoms with Crippen LogP contribution < -0.4 is 4.74 Å². The van der Waals surface area contributed by atoms with Gasteiger partial charge < -0.3 is 9.84 Å². The van der Waals surface area contributed by atoms with Crippen molar-refractivity contribution in [1.82, 2.24) is 0 Å². The van der Waals surface area contributed by atoms with Crippen LogP contribution in [0.15, 0.2) is 24.3 Å². The Bertz CT molecular complexity index is 316. The number of carboxylic acids is 1. The second-order valence-corrected chi connectivity index (χ2v) is 3.52. The van der Waals surface area contributed by atoms with Crippen LogP contribution in [0.5, 0.6) is 5.75 Å². The molecule has 0 spiro atoms. The molecule has 0 aromatic heterocycles. The number of benzene rings is 1. The summed E-state index contributed by atoms with van der Waals surface area (Å²) in [6, 6.07) is 7.72. The van der Waals surface area contributed by atoms with E-state index in [1.54, 1.807) is 6.92 Å². The van der Waals surface area contributed by atoms with Gasteiger partial charge in [-0.25, -0.2) is 0 Å². The van der Waals surface area contributed by atoms with Crippen molar-refractivity contribution < 1.29 is 14.6 Å². The first-order valence-electron chi connectivity index (χ1n) is 5.09. The summed E-state index contributed by atoms with van der Waals surface area (Å²) < 4.78 is 5.44. The molecule has 1 aromatic carbocycles. The second kappa shape index (κ2) is 5.39. The van der Waals surface area contributed by atoms with E-state index in [0.29, 0.717) is 0 Å². The molecule has 0 aliphatic carbocycles. The van der Waals surface area contributed by atoms with Gasteiger partial charge >= 0.3 is 5.97 Å². The van der Waals surface area contributed by atoms with E-state index in [4.69, 9.17) is 9.84 Å². The molecule has 3 heteroatoms. The third-order valence-electron chi connectivity index (χ3n) is 2.13. The molecule has 0 saturated heterocycles. The topological polar surface area (TPSA) is 46.5 Å². The van der Waals surface area contributed by atoms with E-state index in [1.165, 1.54) is 5.56 Å². The quantitative estimate of drug-likeness (QED) is 0.808.